The standard InChI is InChI=1S/C25H30N4O3/c1-15-3-5-17(6-4-15)16(2)24(31)28-11-9-19(13-28)22-26-21-14-29(25(32)18-7-8-18)12-10-20(21)23(30)27-22/h3-6,16,18-19H,7-14H2,1-2H3,(H,26,27,30)/t16-,19+/m0/s1. The molecule has 7 nitrogen and oxygen atoms in total. The molecule has 1 saturated heterocycles. The molecule has 1 aromatic carbocycles. The number of aromatic amines is 1. The number of hydrogen-bond acceptors (Lipinski definition) is 4. The van der Waals surface area contributed by atoms with Crippen molar-refractivity contribution in [3.63, 3.8) is 0 Å². The SMILES string of the molecule is Cc1ccc([C@H](C)C(=O)N2CC[C@@H](c3nc4c(c(=O)[nH]3)CCN(C(=O)C3CC3)C4)C2)cc1. The number of carbonyl (C=O) groups is 2. The van der Waals surface area contributed by atoms with Crippen LogP contribution in [0.25, 0.3) is 0 Å². The molecule has 0 bridgehead atoms. The lowest BCUT2D eigenvalue weighted by atomic mass is 9.98. The number of H-pyrrole nitrogens is 1. The summed E-state index contributed by atoms with van der Waals surface area (Å²) in [5.74, 6) is 0.930. The van der Waals surface area contributed by atoms with Crippen LogP contribution in [0.2, 0.25) is 0 Å². The number of nitrogens with one attached hydrogen (secondary N) is 1. The highest BCUT2D eigenvalue weighted by Gasteiger charge is 2.36. The minimum absolute atomic E-state index is 0.0108. The summed E-state index contributed by atoms with van der Waals surface area (Å²) >= 11 is 0. The summed E-state index contributed by atoms with van der Waals surface area (Å²) < 4.78 is 0. The van der Waals surface area contributed by atoms with Crippen molar-refractivity contribution in [2.45, 2.75) is 57.9 Å². The maximum Gasteiger partial charge on any atom is 0.254 e. The summed E-state index contributed by atoms with van der Waals surface area (Å²) in [7, 11) is 0. The Morgan fingerprint density at radius 2 is 1.84 bits per heavy atom. The molecule has 1 N–H and O–H groups in total. The van der Waals surface area contributed by atoms with E-state index in [1.807, 2.05) is 47.9 Å². The molecule has 1 aromatic heterocycles. The third-order valence-electron chi connectivity index (χ3n) is 7.16. The molecular weight excluding hydrogens is 404 g/mol. The predicted octanol–water partition coefficient (Wildman–Crippen LogP) is 2.49. The highest BCUT2D eigenvalue weighted by atomic mass is 16.2. The van der Waals surface area contributed by atoms with E-state index in [1.165, 1.54) is 5.56 Å². The van der Waals surface area contributed by atoms with Crippen LogP contribution in [-0.2, 0) is 22.6 Å². The second kappa shape index (κ2) is 8.19. The van der Waals surface area contributed by atoms with Crippen LogP contribution >= 0.6 is 0 Å². The first-order valence-corrected chi connectivity index (χ1v) is 11.7. The predicted molar refractivity (Wildman–Crippen MR) is 120 cm³/mol. The smallest absolute Gasteiger partial charge is 0.254 e. The normalized spacial score (nSPS) is 21.4. The molecule has 1 aliphatic carbocycles. The summed E-state index contributed by atoms with van der Waals surface area (Å²) in [5.41, 5.74) is 3.52. The molecule has 2 atom stereocenters. The van der Waals surface area contributed by atoms with Gasteiger partial charge in [0.15, 0.2) is 0 Å². The topological polar surface area (TPSA) is 86.4 Å². The molecule has 168 valence electrons. The highest BCUT2D eigenvalue weighted by molar-refractivity contribution is 5.83. The van der Waals surface area contributed by atoms with Gasteiger partial charge in [0.2, 0.25) is 11.8 Å². The van der Waals surface area contributed by atoms with Gasteiger partial charge in [0.05, 0.1) is 18.2 Å². The third-order valence-corrected chi connectivity index (χ3v) is 7.16. The number of hydrogen-bond donors (Lipinski definition) is 1. The van der Waals surface area contributed by atoms with E-state index in [0.29, 0.717) is 44.0 Å². The summed E-state index contributed by atoms with van der Waals surface area (Å²) in [4.78, 5) is 49.8. The van der Waals surface area contributed by atoms with E-state index in [-0.39, 0.29) is 35.1 Å². The Morgan fingerprint density at radius 3 is 2.56 bits per heavy atom. The van der Waals surface area contributed by atoms with Gasteiger partial charge in [-0.2, -0.15) is 0 Å². The number of fused-ring (bicyclic) bond motifs is 1. The number of rotatable bonds is 4. The van der Waals surface area contributed by atoms with Gasteiger partial charge in [-0.05, 0) is 45.1 Å². The number of likely N-dealkylation sites (tertiary alicyclic amines) is 1. The lowest BCUT2D eigenvalue weighted by Gasteiger charge is -2.28. The minimum Gasteiger partial charge on any atom is -0.341 e. The van der Waals surface area contributed by atoms with Crippen LogP contribution in [0, 0.1) is 12.8 Å². The molecule has 2 aliphatic heterocycles. The Kier molecular flexibility index (Phi) is 5.35. The van der Waals surface area contributed by atoms with Gasteiger partial charge in [0, 0.05) is 37.0 Å². The molecule has 2 aromatic rings. The Hall–Kier alpha value is -2.96. The zero-order valence-electron chi connectivity index (χ0n) is 18.8. The molecule has 2 fully saturated rings. The quantitative estimate of drug-likeness (QED) is 0.801. The van der Waals surface area contributed by atoms with Gasteiger partial charge >= 0.3 is 0 Å². The van der Waals surface area contributed by atoms with Gasteiger partial charge in [0.1, 0.15) is 5.82 Å². The molecule has 3 aliphatic rings. The van der Waals surface area contributed by atoms with Crippen molar-refractivity contribution in [3.8, 4) is 0 Å². The lowest BCUT2D eigenvalue weighted by molar-refractivity contribution is -0.133. The number of nitrogens with zero attached hydrogens (tertiary/aromatic N) is 3. The van der Waals surface area contributed by atoms with Crippen molar-refractivity contribution >= 4 is 11.8 Å². The van der Waals surface area contributed by atoms with Crippen LogP contribution in [0.5, 0.6) is 0 Å². The summed E-state index contributed by atoms with van der Waals surface area (Å²) in [6.07, 6.45) is 3.28. The van der Waals surface area contributed by atoms with Gasteiger partial charge < -0.3 is 14.8 Å². The van der Waals surface area contributed by atoms with Gasteiger partial charge in [0.25, 0.3) is 5.56 Å². The fraction of sp³-hybridized carbons (Fsp3) is 0.520. The van der Waals surface area contributed by atoms with Crippen molar-refractivity contribution in [1.82, 2.24) is 19.8 Å². The van der Waals surface area contributed by atoms with Gasteiger partial charge in [-0.25, -0.2) is 4.98 Å². The van der Waals surface area contributed by atoms with Gasteiger partial charge in [-0.1, -0.05) is 29.8 Å². The minimum atomic E-state index is -0.202. The Labute approximate surface area is 187 Å². The molecule has 2 amide bonds. The zero-order valence-corrected chi connectivity index (χ0v) is 18.8. The van der Waals surface area contributed by atoms with Crippen LogP contribution in [0.15, 0.2) is 29.1 Å². The van der Waals surface area contributed by atoms with Crippen molar-refractivity contribution in [2.24, 2.45) is 5.92 Å². The summed E-state index contributed by atoms with van der Waals surface area (Å²) in [6.45, 7) is 6.21. The molecule has 3 heterocycles. The Morgan fingerprint density at radius 1 is 1.09 bits per heavy atom. The van der Waals surface area contributed by atoms with Crippen molar-refractivity contribution in [2.75, 3.05) is 19.6 Å². The lowest BCUT2D eigenvalue weighted by Crippen LogP contribution is -2.40. The molecule has 0 spiro atoms. The van der Waals surface area contributed by atoms with E-state index in [1.54, 1.807) is 0 Å². The molecular formula is C25H30N4O3. The number of carbonyl (C=O) groups excluding carboxylic acids is 2. The average Bonchev–Trinajstić information content (AvgIpc) is 3.53. The first-order valence-electron chi connectivity index (χ1n) is 11.7. The number of amides is 2. The van der Waals surface area contributed by atoms with Crippen molar-refractivity contribution in [1.29, 1.82) is 0 Å². The van der Waals surface area contributed by atoms with E-state index < -0.39 is 0 Å². The second-order valence-corrected chi connectivity index (χ2v) is 9.56. The maximum atomic E-state index is 13.1. The van der Waals surface area contributed by atoms with E-state index in [2.05, 4.69) is 4.98 Å². The van der Waals surface area contributed by atoms with E-state index in [9.17, 15) is 14.4 Å². The van der Waals surface area contributed by atoms with Crippen LogP contribution in [0.3, 0.4) is 0 Å². The second-order valence-electron chi connectivity index (χ2n) is 9.56. The first-order chi connectivity index (χ1) is 15.4. The third kappa shape index (κ3) is 3.96. The zero-order chi connectivity index (χ0) is 22.4. The molecule has 32 heavy (non-hydrogen) atoms. The van der Waals surface area contributed by atoms with Crippen LogP contribution < -0.4 is 5.56 Å². The number of aryl methyl sites for hydroxylation is 1. The fourth-order valence-electron chi connectivity index (χ4n) is 4.88. The van der Waals surface area contributed by atoms with Gasteiger partial charge in [-0.15, -0.1) is 0 Å². The Balaban J connectivity index is 1.30. The molecule has 5 rings (SSSR count). The van der Waals surface area contributed by atoms with E-state index in [0.717, 1.165) is 30.5 Å². The summed E-state index contributed by atoms with van der Waals surface area (Å²) in [5, 5.41) is 0. The number of benzene rings is 1. The van der Waals surface area contributed by atoms with Crippen LogP contribution in [0.4, 0.5) is 0 Å². The Bertz CT molecular complexity index is 1100. The van der Waals surface area contributed by atoms with E-state index in [4.69, 9.17) is 4.98 Å². The van der Waals surface area contributed by atoms with Crippen molar-refractivity contribution < 1.29 is 9.59 Å². The van der Waals surface area contributed by atoms with Gasteiger partial charge in [-0.3, -0.25) is 14.4 Å². The molecule has 0 radical (unpaired) electrons. The average molecular weight is 435 g/mol. The van der Waals surface area contributed by atoms with Crippen LogP contribution in [0.1, 0.15) is 66.2 Å². The largest absolute Gasteiger partial charge is 0.341 e. The summed E-state index contributed by atoms with van der Waals surface area (Å²) in [6, 6.07) is 8.10. The van der Waals surface area contributed by atoms with Crippen LogP contribution in [-0.4, -0.2) is 51.2 Å². The van der Waals surface area contributed by atoms with E-state index >= 15 is 0 Å². The van der Waals surface area contributed by atoms with Crippen molar-refractivity contribution in [3.05, 3.63) is 62.8 Å². The molecule has 0 unspecified atom stereocenters. The first kappa shape index (κ1) is 20.9. The highest BCUT2D eigenvalue weighted by Crippen LogP contribution is 2.33. The monoisotopic (exact) mass is 434 g/mol. The fourth-order valence-corrected chi connectivity index (χ4v) is 4.88. The molecule has 1 saturated carbocycles. The molecule has 7 heteroatoms. The maximum absolute atomic E-state index is 13.1. The number of aromatic nitrogens is 2.